The van der Waals surface area contributed by atoms with Crippen LogP contribution in [0, 0.1) is 37.5 Å². The van der Waals surface area contributed by atoms with Gasteiger partial charge in [-0.05, 0) is 98.2 Å². The molecule has 2 aliphatic heterocycles. The standard InChI is InChI=1S/C54H54N4O5S2/c1-5-9-45(43-15-19-47(20-16-43)61-35-41-13-7-11-39(27-41)31-57-25-23-51-49(33-57)55-37(3)64-51)29-53(59)63-54(60)30-46(10-6-2)44-17-21-48(22-18-44)62-36-42-14-8-12-40(28-42)32-58-26-24-52-50(34-58)56-38(4)65-52/h7-8,11-22,27-28,45-46H,23-26,29-36H2,1-4H3/t45-,46?/m0/s1. The van der Waals surface area contributed by atoms with Crippen LogP contribution >= 0.6 is 22.7 Å². The lowest BCUT2D eigenvalue weighted by molar-refractivity contribution is -0.159. The number of benzene rings is 4. The van der Waals surface area contributed by atoms with Gasteiger partial charge in [-0.15, -0.1) is 34.5 Å². The van der Waals surface area contributed by atoms with E-state index in [0.717, 1.165) is 84.4 Å². The largest absolute Gasteiger partial charge is 0.489 e. The van der Waals surface area contributed by atoms with E-state index >= 15 is 0 Å². The van der Waals surface area contributed by atoms with Crippen molar-refractivity contribution in [2.75, 3.05) is 13.1 Å². The van der Waals surface area contributed by atoms with Crippen LogP contribution < -0.4 is 9.47 Å². The molecule has 332 valence electrons. The minimum atomic E-state index is -0.634. The van der Waals surface area contributed by atoms with Crippen LogP contribution in [-0.2, 0) is 66.6 Å². The first-order valence-corrected chi connectivity index (χ1v) is 23.8. The van der Waals surface area contributed by atoms with Crippen molar-refractivity contribution in [3.63, 3.8) is 0 Å². The molecule has 2 aromatic heterocycles. The molecule has 0 bridgehead atoms. The predicted octanol–water partition coefficient (Wildman–Crippen LogP) is 10.3. The van der Waals surface area contributed by atoms with Gasteiger partial charge in [0.25, 0.3) is 0 Å². The molecule has 9 nitrogen and oxygen atoms in total. The van der Waals surface area contributed by atoms with Crippen molar-refractivity contribution in [1.29, 1.82) is 0 Å². The topological polar surface area (TPSA) is 94.1 Å². The molecular weight excluding hydrogens is 849 g/mol. The number of esters is 2. The van der Waals surface area contributed by atoms with Gasteiger partial charge in [0, 0.05) is 49.0 Å². The molecule has 0 aliphatic carbocycles. The molecule has 6 aromatic rings. The fourth-order valence-corrected chi connectivity index (χ4v) is 10.4. The number of hydrogen-bond donors (Lipinski definition) is 0. The van der Waals surface area contributed by atoms with Crippen molar-refractivity contribution < 1.29 is 23.8 Å². The highest BCUT2D eigenvalue weighted by Gasteiger charge is 2.23. The van der Waals surface area contributed by atoms with Crippen LogP contribution in [-0.4, -0.2) is 44.8 Å². The van der Waals surface area contributed by atoms with Crippen LogP contribution in [0.25, 0.3) is 0 Å². The molecule has 11 heteroatoms. The lowest BCUT2D eigenvalue weighted by Crippen LogP contribution is -2.29. The zero-order chi connectivity index (χ0) is 45.1. The van der Waals surface area contributed by atoms with Crippen LogP contribution in [0.15, 0.2) is 97.1 Å². The van der Waals surface area contributed by atoms with Gasteiger partial charge in [-0.2, -0.15) is 0 Å². The van der Waals surface area contributed by atoms with E-state index in [1.807, 2.05) is 71.2 Å². The Labute approximate surface area is 390 Å². The fraction of sp³-hybridized carbons (Fsp3) is 0.333. The number of thiazole rings is 2. The van der Waals surface area contributed by atoms with Gasteiger partial charge in [-0.1, -0.05) is 84.6 Å². The molecule has 2 aliphatic rings. The highest BCUT2D eigenvalue weighted by Crippen LogP contribution is 2.29. The Hall–Kier alpha value is -6.08. The second-order valence-electron chi connectivity index (χ2n) is 16.6. The molecule has 0 saturated heterocycles. The van der Waals surface area contributed by atoms with Crippen molar-refractivity contribution in [2.45, 2.75) is 105 Å². The van der Waals surface area contributed by atoms with E-state index in [-0.39, 0.29) is 12.8 Å². The molecule has 4 heterocycles. The molecule has 8 rings (SSSR count). The molecule has 2 atom stereocenters. The Kier molecular flexibility index (Phi) is 15.2. The van der Waals surface area contributed by atoms with Crippen LogP contribution in [0.2, 0.25) is 0 Å². The van der Waals surface area contributed by atoms with Gasteiger partial charge in [-0.25, -0.2) is 9.97 Å². The number of nitrogens with zero attached hydrogens (tertiary/aromatic N) is 4. The molecule has 4 aromatic carbocycles. The molecule has 0 amide bonds. The van der Waals surface area contributed by atoms with E-state index in [0.29, 0.717) is 24.7 Å². The van der Waals surface area contributed by atoms with Gasteiger partial charge in [0.15, 0.2) is 0 Å². The second-order valence-corrected chi connectivity index (χ2v) is 19.2. The Morgan fingerprint density at radius 1 is 0.615 bits per heavy atom. The summed E-state index contributed by atoms with van der Waals surface area (Å²) in [6.45, 7) is 14.1. The minimum Gasteiger partial charge on any atom is -0.489 e. The van der Waals surface area contributed by atoms with Gasteiger partial charge in [0.1, 0.15) is 24.7 Å². The third-order valence-corrected chi connectivity index (χ3v) is 13.8. The first kappa shape index (κ1) is 45.5. The summed E-state index contributed by atoms with van der Waals surface area (Å²) >= 11 is 3.64. The first-order valence-electron chi connectivity index (χ1n) is 22.2. The molecule has 65 heavy (non-hydrogen) atoms. The lowest BCUT2D eigenvalue weighted by atomic mass is 9.95. The number of aromatic nitrogens is 2. The predicted molar refractivity (Wildman–Crippen MR) is 256 cm³/mol. The maximum Gasteiger partial charge on any atom is 0.315 e. The summed E-state index contributed by atoms with van der Waals surface area (Å²) in [5.74, 6) is 11.4. The maximum absolute atomic E-state index is 13.1. The third kappa shape index (κ3) is 12.6. The lowest BCUT2D eigenvalue weighted by Gasteiger charge is -2.26. The van der Waals surface area contributed by atoms with E-state index < -0.39 is 23.8 Å². The maximum atomic E-state index is 13.1. The van der Waals surface area contributed by atoms with E-state index in [9.17, 15) is 9.59 Å². The summed E-state index contributed by atoms with van der Waals surface area (Å²) in [6.07, 6.45) is 1.98. The van der Waals surface area contributed by atoms with E-state index in [2.05, 4.69) is 95.9 Å². The van der Waals surface area contributed by atoms with Gasteiger partial charge in [0.2, 0.25) is 0 Å². The Bertz CT molecular complexity index is 2550. The van der Waals surface area contributed by atoms with Crippen molar-refractivity contribution in [3.05, 3.63) is 162 Å². The number of ether oxygens (including phenoxy) is 3. The summed E-state index contributed by atoms with van der Waals surface area (Å²) in [4.78, 5) is 43.5. The highest BCUT2D eigenvalue weighted by molar-refractivity contribution is 7.12. The van der Waals surface area contributed by atoms with Crippen molar-refractivity contribution >= 4 is 34.6 Å². The molecule has 0 radical (unpaired) electrons. The SMILES string of the molecule is CC#CC(CC(=O)OC(=O)C[C@H](C#CC)c1ccc(OCc2cccc(CN3CCc4sc(C)nc4C3)c2)cc1)c1ccc(OCc2cccc(CN3CCc4sc(C)nc4C3)c2)cc1. The molecule has 0 N–H and O–H groups in total. The average Bonchev–Trinajstić information content (AvgIpc) is 3.87. The monoisotopic (exact) mass is 902 g/mol. The highest BCUT2D eigenvalue weighted by atomic mass is 32.1. The third-order valence-electron chi connectivity index (χ3n) is 11.6. The normalized spacial score (nSPS) is 14.4. The number of fused-ring (bicyclic) bond motifs is 2. The zero-order valence-electron chi connectivity index (χ0n) is 37.5. The smallest absolute Gasteiger partial charge is 0.315 e. The Balaban J connectivity index is 0.785. The second kappa shape index (κ2) is 21.7. The van der Waals surface area contributed by atoms with Crippen molar-refractivity contribution in [1.82, 2.24) is 19.8 Å². The van der Waals surface area contributed by atoms with E-state index in [4.69, 9.17) is 24.2 Å². The van der Waals surface area contributed by atoms with Gasteiger partial charge >= 0.3 is 11.9 Å². The van der Waals surface area contributed by atoms with Crippen LogP contribution in [0.3, 0.4) is 0 Å². The number of carbonyl (C=O) groups excluding carboxylic acids is 2. The quantitative estimate of drug-likeness (QED) is 0.0535. The summed E-state index contributed by atoms with van der Waals surface area (Å²) in [7, 11) is 0. The summed E-state index contributed by atoms with van der Waals surface area (Å²) in [6, 6.07) is 32.2. The van der Waals surface area contributed by atoms with Crippen LogP contribution in [0.5, 0.6) is 11.5 Å². The van der Waals surface area contributed by atoms with E-state index in [1.165, 1.54) is 32.3 Å². The molecular formula is C54H54N4O5S2. The van der Waals surface area contributed by atoms with Crippen molar-refractivity contribution in [2.24, 2.45) is 0 Å². The summed E-state index contributed by atoms with van der Waals surface area (Å²) in [5, 5.41) is 2.28. The molecule has 1 unspecified atom stereocenters. The molecule has 0 spiro atoms. The number of rotatable bonds is 16. The molecule has 0 fully saturated rings. The number of aryl methyl sites for hydroxylation is 2. The Morgan fingerprint density at radius 2 is 1.03 bits per heavy atom. The van der Waals surface area contributed by atoms with Crippen LogP contribution in [0.4, 0.5) is 0 Å². The van der Waals surface area contributed by atoms with E-state index in [1.54, 1.807) is 13.8 Å². The van der Waals surface area contributed by atoms with Crippen molar-refractivity contribution in [3.8, 4) is 35.2 Å². The number of hydrogen-bond acceptors (Lipinski definition) is 11. The summed E-state index contributed by atoms with van der Waals surface area (Å²) in [5.41, 5.74) is 8.81. The zero-order valence-corrected chi connectivity index (χ0v) is 39.2. The summed E-state index contributed by atoms with van der Waals surface area (Å²) < 4.78 is 17.7. The fourth-order valence-electron chi connectivity index (χ4n) is 8.51. The number of carbonyl (C=O) groups is 2. The van der Waals surface area contributed by atoms with Crippen LogP contribution in [0.1, 0.15) is 103 Å². The minimum absolute atomic E-state index is 0.0650. The van der Waals surface area contributed by atoms with Gasteiger partial charge < -0.3 is 14.2 Å². The first-order chi connectivity index (χ1) is 31.7. The molecule has 0 saturated carbocycles. The average molecular weight is 903 g/mol. The Morgan fingerprint density at radius 3 is 1.45 bits per heavy atom. The van der Waals surface area contributed by atoms with Gasteiger partial charge in [-0.3, -0.25) is 19.4 Å². The van der Waals surface area contributed by atoms with Gasteiger partial charge in [0.05, 0.1) is 46.1 Å².